The number of aryl methyl sites for hydroxylation is 1. The van der Waals surface area contributed by atoms with Gasteiger partial charge >= 0.3 is 0 Å². The van der Waals surface area contributed by atoms with E-state index in [0.717, 1.165) is 44.8 Å². The van der Waals surface area contributed by atoms with Crippen LogP contribution in [-0.4, -0.2) is 26.2 Å². The molecule has 4 aromatic rings. The zero-order chi connectivity index (χ0) is 21.3. The third-order valence-corrected chi connectivity index (χ3v) is 5.57. The summed E-state index contributed by atoms with van der Waals surface area (Å²) in [6, 6.07) is 14.8. The van der Waals surface area contributed by atoms with Gasteiger partial charge in [0, 0.05) is 34.5 Å². The molecule has 4 rings (SSSR count). The van der Waals surface area contributed by atoms with E-state index in [1.54, 1.807) is 24.0 Å². The first-order chi connectivity index (χ1) is 14.5. The van der Waals surface area contributed by atoms with E-state index < -0.39 is 0 Å². The van der Waals surface area contributed by atoms with Crippen molar-refractivity contribution in [3.05, 3.63) is 72.1 Å². The van der Waals surface area contributed by atoms with Gasteiger partial charge in [-0.1, -0.05) is 26.0 Å². The Bertz CT molecular complexity index is 1180. The Hall–Kier alpha value is -2.99. The van der Waals surface area contributed by atoms with Gasteiger partial charge in [0.1, 0.15) is 11.6 Å². The van der Waals surface area contributed by atoms with Crippen LogP contribution in [0.2, 0.25) is 0 Å². The topological polar surface area (TPSA) is 54.5 Å². The molecule has 3 heterocycles. The molecule has 0 saturated carbocycles. The highest BCUT2D eigenvalue weighted by molar-refractivity contribution is 7.98. The summed E-state index contributed by atoms with van der Waals surface area (Å²) in [7, 11) is 0. The lowest BCUT2D eigenvalue weighted by atomic mass is 10.0. The maximum absolute atomic E-state index is 14.7. The molecule has 0 aliphatic heterocycles. The number of benzene rings is 1. The second-order valence-electron chi connectivity index (χ2n) is 7.45. The maximum Gasteiger partial charge on any atom is 0.131 e. The molecule has 30 heavy (non-hydrogen) atoms. The molecule has 1 N–H and O–H groups in total. The van der Waals surface area contributed by atoms with Gasteiger partial charge in [-0.3, -0.25) is 4.98 Å². The normalized spacial score (nSPS) is 11.3. The minimum atomic E-state index is -0.285. The van der Waals surface area contributed by atoms with E-state index in [1.165, 1.54) is 6.07 Å². The molecule has 1 aromatic carbocycles. The van der Waals surface area contributed by atoms with Gasteiger partial charge in [-0.15, -0.1) is 11.8 Å². The predicted molar refractivity (Wildman–Crippen MR) is 121 cm³/mol. The average molecular weight is 419 g/mol. The maximum atomic E-state index is 14.7. The Morgan fingerprint density at radius 1 is 1.00 bits per heavy atom. The van der Waals surface area contributed by atoms with Crippen molar-refractivity contribution < 1.29 is 4.39 Å². The van der Waals surface area contributed by atoms with Gasteiger partial charge < -0.3 is 4.98 Å². The summed E-state index contributed by atoms with van der Waals surface area (Å²) < 4.78 is 14.7. The third-order valence-electron chi connectivity index (χ3n) is 4.91. The van der Waals surface area contributed by atoms with Crippen molar-refractivity contribution in [2.75, 3.05) is 6.26 Å². The molecule has 4 nitrogen and oxygen atoms in total. The van der Waals surface area contributed by atoms with Gasteiger partial charge in [0.05, 0.1) is 22.1 Å². The predicted octanol–water partition coefficient (Wildman–Crippen LogP) is 6.49. The zero-order valence-electron chi connectivity index (χ0n) is 17.4. The quantitative estimate of drug-likeness (QED) is 0.376. The van der Waals surface area contributed by atoms with Crippen LogP contribution < -0.4 is 0 Å². The molecular formula is C24H23FN4S. The largest absolute Gasteiger partial charge is 0.340 e. The molecule has 0 aliphatic carbocycles. The van der Waals surface area contributed by atoms with Crippen LogP contribution in [0.4, 0.5) is 4.39 Å². The van der Waals surface area contributed by atoms with Crippen LogP contribution in [0.1, 0.15) is 31.3 Å². The number of halogens is 1. The van der Waals surface area contributed by atoms with E-state index in [4.69, 9.17) is 4.98 Å². The number of rotatable bonds is 5. The molecule has 0 atom stereocenters. The van der Waals surface area contributed by atoms with Gasteiger partial charge in [-0.05, 0) is 49.6 Å². The number of hydrogen-bond donors (Lipinski definition) is 1. The van der Waals surface area contributed by atoms with Gasteiger partial charge in [-0.25, -0.2) is 14.4 Å². The van der Waals surface area contributed by atoms with Crippen molar-refractivity contribution in [1.82, 2.24) is 19.9 Å². The van der Waals surface area contributed by atoms with E-state index in [1.807, 2.05) is 49.6 Å². The summed E-state index contributed by atoms with van der Waals surface area (Å²) in [6.07, 6.45) is 3.68. The lowest BCUT2D eigenvalue weighted by Crippen LogP contribution is -1.92. The van der Waals surface area contributed by atoms with Gasteiger partial charge in [0.25, 0.3) is 0 Å². The second kappa shape index (κ2) is 8.40. The smallest absolute Gasteiger partial charge is 0.131 e. The van der Waals surface area contributed by atoms with Crippen molar-refractivity contribution in [2.45, 2.75) is 31.7 Å². The molecule has 3 aromatic heterocycles. The summed E-state index contributed by atoms with van der Waals surface area (Å²) in [5.74, 6) is 0.818. The SMILES string of the molecule is CSc1ccc(-c2cc(-c3nc(C(C)C)[nH]c3-c3cccc(C)n3)ccc2F)cn1. The Labute approximate surface area is 180 Å². The number of aromatic amines is 1. The van der Waals surface area contributed by atoms with Gasteiger partial charge in [0.2, 0.25) is 0 Å². The molecule has 152 valence electrons. The number of nitrogens with one attached hydrogen (secondary N) is 1. The molecule has 0 radical (unpaired) electrons. The Morgan fingerprint density at radius 3 is 2.47 bits per heavy atom. The van der Waals surface area contributed by atoms with Crippen molar-refractivity contribution in [1.29, 1.82) is 0 Å². The standard InChI is InChI=1S/C24H23FN4S/c1-14(2)24-28-22(23(29-24)20-7-5-6-15(3)27-20)16-8-10-19(25)18(12-16)17-9-11-21(30-4)26-13-17/h5-14H,1-4H3,(H,28,29). The lowest BCUT2D eigenvalue weighted by molar-refractivity contribution is 0.631. The number of pyridine rings is 2. The molecule has 0 fully saturated rings. The number of thioether (sulfide) groups is 1. The number of imidazole rings is 1. The number of aromatic nitrogens is 4. The Morgan fingerprint density at radius 2 is 1.80 bits per heavy atom. The van der Waals surface area contributed by atoms with Crippen LogP contribution in [-0.2, 0) is 0 Å². The monoisotopic (exact) mass is 418 g/mol. The van der Waals surface area contributed by atoms with E-state index >= 15 is 0 Å². The molecule has 0 unspecified atom stereocenters. The minimum Gasteiger partial charge on any atom is -0.340 e. The van der Waals surface area contributed by atoms with Crippen molar-refractivity contribution in [3.63, 3.8) is 0 Å². The first-order valence-electron chi connectivity index (χ1n) is 9.80. The molecule has 0 aliphatic rings. The highest BCUT2D eigenvalue weighted by atomic mass is 32.2. The highest BCUT2D eigenvalue weighted by Crippen LogP contribution is 2.34. The molecule has 6 heteroatoms. The van der Waals surface area contributed by atoms with E-state index in [9.17, 15) is 4.39 Å². The summed E-state index contributed by atoms with van der Waals surface area (Å²) in [6.45, 7) is 6.14. The summed E-state index contributed by atoms with van der Waals surface area (Å²) >= 11 is 1.56. The average Bonchev–Trinajstić information content (AvgIpc) is 3.20. The Kier molecular flexibility index (Phi) is 5.68. The first-order valence-corrected chi connectivity index (χ1v) is 11.0. The highest BCUT2D eigenvalue weighted by Gasteiger charge is 2.18. The van der Waals surface area contributed by atoms with E-state index in [-0.39, 0.29) is 11.7 Å². The molecule has 0 amide bonds. The van der Waals surface area contributed by atoms with Crippen molar-refractivity contribution in [3.8, 4) is 33.8 Å². The fourth-order valence-electron chi connectivity index (χ4n) is 3.30. The van der Waals surface area contributed by atoms with Crippen LogP contribution in [0.15, 0.2) is 59.8 Å². The summed E-state index contributed by atoms with van der Waals surface area (Å²) in [5.41, 5.74) is 5.44. The Balaban J connectivity index is 1.86. The first kappa shape index (κ1) is 20.3. The molecule has 0 bridgehead atoms. The fourth-order valence-corrected chi connectivity index (χ4v) is 3.66. The fraction of sp³-hybridized carbons (Fsp3) is 0.208. The van der Waals surface area contributed by atoms with Crippen LogP contribution in [0.3, 0.4) is 0 Å². The second-order valence-corrected chi connectivity index (χ2v) is 8.27. The van der Waals surface area contributed by atoms with Crippen LogP contribution in [0.5, 0.6) is 0 Å². The van der Waals surface area contributed by atoms with Crippen LogP contribution in [0.25, 0.3) is 33.8 Å². The number of hydrogen-bond acceptors (Lipinski definition) is 4. The van der Waals surface area contributed by atoms with Crippen LogP contribution >= 0.6 is 11.8 Å². The minimum absolute atomic E-state index is 0.227. The molecule has 0 saturated heterocycles. The van der Waals surface area contributed by atoms with Gasteiger partial charge in [-0.2, -0.15) is 0 Å². The van der Waals surface area contributed by atoms with Crippen molar-refractivity contribution in [2.24, 2.45) is 0 Å². The zero-order valence-corrected chi connectivity index (χ0v) is 18.2. The third kappa shape index (κ3) is 4.00. The molecular weight excluding hydrogens is 395 g/mol. The van der Waals surface area contributed by atoms with Crippen LogP contribution in [0, 0.1) is 12.7 Å². The lowest BCUT2D eigenvalue weighted by Gasteiger charge is -2.08. The summed E-state index contributed by atoms with van der Waals surface area (Å²) in [4.78, 5) is 17.3. The van der Waals surface area contributed by atoms with E-state index in [2.05, 4.69) is 28.8 Å². The van der Waals surface area contributed by atoms with Gasteiger partial charge in [0.15, 0.2) is 0 Å². The molecule has 0 spiro atoms. The number of H-pyrrole nitrogens is 1. The van der Waals surface area contributed by atoms with E-state index in [0.29, 0.717) is 5.56 Å². The van der Waals surface area contributed by atoms with Crippen molar-refractivity contribution >= 4 is 11.8 Å². The summed E-state index contributed by atoms with van der Waals surface area (Å²) in [5, 5.41) is 0.900. The number of nitrogens with zero attached hydrogens (tertiary/aromatic N) is 3.